The molecule has 2 aromatic heterocycles. The lowest BCUT2D eigenvalue weighted by molar-refractivity contribution is -0.137. The van der Waals surface area contributed by atoms with Crippen LogP contribution >= 0.6 is 0 Å². The Hall–Kier alpha value is -2.58. The maximum Gasteiger partial charge on any atom is 0.417 e. The van der Waals surface area contributed by atoms with Gasteiger partial charge >= 0.3 is 6.18 Å². The highest BCUT2D eigenvalue weighted by molar-refractivity contribution is 5.79. The molecule has 1 saturated carbocycles. The Balaban J connectivity index is 1.45. The van der Waals surface area contributed by atoms with Crippen LogP contribution in [0.25, 0.3) is 0 Å². The van der Waals surface area contributed by atoms with Crippen molar-refractivity contribution in [1.29, 1.82) is 0 Å². The van der Waals surface area contributed by atoms with Crippen LogP contribution in [0.15, 0.2) is 22.9 Å². The number of hydrogen-bond donors (Lipinski definition) is 1. The first-order chi connectivity index (χ1) is 13.2. The number of alkyl halides is 3. The predicted octanol–water partition coefficient (Wildman–Crippen LogP) is 3.75. The lowest BCUT2D eigenvalue weighted by atomic mass is 9.92. The van der Waals surface area contributed by atoms with E-state index < -0.39 is 11.7 Å². The Morgan fingerprint density at radius 2 is 1.96 bits per heavy atom. The van der Waals surface area contributed by atoms with Gasteiger partial charge in [-0.15, -0.1) is 0 Å². The van der Waals surface area contributed by atoms with Crippen LogP contribution in [-0.4, -0.2) is 28.2 Å². The van der Waals surface area contributed by atoms with Crippen LogP contribution in [-0.2, 0) is 17.4 Å². The van der Waals surface area contributed by atoms with Gasteiger partial charge in [0.1, 0.15) is 11.9 Å². The largest absolute Gasteiger partial charge is 0.474 e. The molecule has 0 saturated heterocycles. The van der Waals surface area contributed by atoms with Gasteiger partial charge in [0, 0.05) is 23.9 Å². The van der Waals surface area contributed by atoms with Gasteiger partial charge in [0.15, 0.2) is 0 Å². The average Bonchev–Trinajstić information content (AvgIpc) is 2.95. The van der Waals surface area contributed by atoms with Crippen molar-refractivity contribution in [2.75, 3.05) is 0 Å². The number of amides is 1. The number of carbonyl (C=O) groups is 1. The molecule has 152 valence electrons. The highest BCUT2D eigenvalue weighted by Crippen LogP contribution is 2.30. The van der Waals surface area contributed by atoms with Gasteiger partial charge < -0.3 is 14.6 Å². The molecule has 28 heavy (non-hydrogen) atoms. The highest BCUT2D eigenvalue weighted by atomic mass is 19.4. The normalized spacial score (nSPS) is 20.0. The summed E-state index contributed by atoms with van der Waals surface area (Å²) in [6.45, 7) is 3.58. The van der Waals surface area contributed by atoms with Crippen molar-refractivity contribution in [2.45, 2.75) is 64.3 Å². The predicted molar refractivity (Wildman–Crippen MR) is 93.7 cm³/mol. The zero-order chi connectivity index (χ0) is 20.3. The van der Waals surface area contributed by atoms with Gasteiger partial charge in [0.2, 0.25) is 11.8 Å². The van der Waals surface area contributed by atoms with E-state index >= 15 is 0 Å². The van der Waals surface area contributed by atoms with Gasteiger partial charge in [-0.1, -0.05) is 5.16 Å². The number of aromatic nitrogens is 2. The van der Waals surface area contributed by atoms with Crippen LogP contribution in [0.2, 0.25) is 0 Å². The summed E-state index contributed by atoms with van der Waals surface area (Å²) in [5.41, 5.74) is 0.723. The zero-order valence-corrected chi connectivity index (χ0v) is 15.7. The Morgan fingerprint density at radius 1 is 1.25 bits per heavy atom. The summed E-state index contributed by atoms with van der Waals surface area (Å²) in [5, 5.41) is 6.86. The Labute approximate surface area is 160 Å². The molecule has 0 aromatic carbocycles. The van der Waals surface area contributed by atoms with Gasteiger partial charge in [0.25, 0.3) is 0 Å². The molecule has 0 bridgehead atoms. The third-order valence-corrected chi connectivity index (χ3v) is 4.91. The van der Waals surface area contributed by atoms with Crippen molar-refractivity contribution in [3.05, 3.63) is 40.9 Å². The molecular weight excluding hydrogens is 375 g/mol. The van der Waals surface area contributed by atoms with Crippen molar-refractivity contribution >= 4 is 5.91 Å². The molecular formula is C19H22F3N3O3. The van der Waals surface area contributed by atoms with E-state index in [0.717, 1.165) is 30.7 Å². The van der Waals surface area contributed by atoms with Gasteiger partial charge in [-0.05, 0) is 45.6 Å². The fourth-order valence-electron chi connectivity index (χ4n) is 3.31. The van der Waals surface area contributed by atoms with E-state index in [1.54, 1.807) is 13.8 Å². The second kappa shape index (κ2) is 8.20. The fourth-order valence-corrected chi connectivity index (χ4v) is 3.31. The third kappa shape index (κ3) is 5.02. The summed E-state index contributed by atoms with van der Waals surface area (Å²) < 4.78 is 48.4. The summed E-state index contributed by atoms with van der Waals surface area (Å²) in [4.78, 5) is 16.0. The van der Waals surface area contributed by atoms with Crippen LogP contribution in [0.5, 0.6) is 5.88 Å². The number of nitrogens with one attached hydrogen (secondary N) is 1. The average molecular weight is 397 g/mol. The summed E-state index contributed by atoms with van der Waals surface area (Å²) in [6.07, 6.45) is -0.677. The smallest absolute Gasteiger partial charge is 0.417 e. The Morgan fingerprint density at radius 3 is 2.50 bits per heavy atom. The van der Waals surface area contributed by atoms with Crippen molar-refractivity contribution in [1.82, 2.24) is 15.5 Å². The lowest BCUT2D eigenvalue weighted by Gasteiger charge is -2.29. The number of hydrogen-bond acceptors (Lipinski definition) is 5. The first kappa shape index (κ1) is 20.2. The molecule has 1 aliphatic rings. The summed E-state index contributed by atoms with van der Waals surface area (Å²) in [5.74, 6) is 0.746. The van der Waals surface area contributed by atoms with E-state index in [1.165, 1.54) is 6.07 Å². The van der Waals surface area contributed by atoms with Crippen molar-refractivity contribution in [3.8, 4) is 5.88 Å². The van der Waals surface area contributed by atoms with Crippen molar-refractivity contribution < 1.29 is 27.2 Å². The minimum Gasteiger partial charge on any atom is -0.474 e. The quantitative estimate of drug-likeness (QED) is 0.831. The zero-order valence-electron chi connectivity index (χ0n) is 15.7. The number of ether oxygens (including phenoxy) is 1. The number of rotatable bonds is 5. The van der Waals surface area contributed by atoms with E-state index in [4.69, 9.17) is 9.26 Å². The lowest BCUT2D eigenvalue weighted by Crippen LogP contribution is -2.40. The molecule has 2 aromatic rings. The van der Waals surface area contributed by atoms with Crippen LogP contribution in [0.4, 0.5) is 13.2 Å². The van der Waals surface area contributed by atoms with Crippen molar-refractivity contribution in [2.24, 2.45) is 0 Å². The van der Waals surface area contributed by atoms with Gasteiger partial charge in [0.05, 0.1) is 17.7 Å². The second-order valence-electron chi connectivity index (χ2n) is 7.02. The van der Waals surface area contributed by atoms with E-state index in [0.29, 0.717) is 24.3 Å². The number of pyridine rings is 1. The molecule has 2 heterocycles. The number of halogens is 3. The van der Waals surface area contributed by atoms with E-state index in [2.05, 4.69) is 15.5 Å². The molecule has 0 atom stereocenters. The number of carbonyl (C=O) groups excluding carboxylic acids is 1. The minimum absolute atomic E-state index is 0.0494. The fraction of sp³-hybridized carbons (Fsp3) is 0.526. The van der Waals surface area contributed by atoms with Crippen molar-refractivity contribution in [3.63, 3.8) is 0 Å². The number of nitrogens with zero attached hydrogens (tertiary/aromatic N) is 2. The van der Waals surface area contributed by atoms with Crippen LogP contribution in [0.1, 0.15) is 48.3 Å². The Bertz CT molecular complexity index is 791. The molecule has 1 fully saturated rings. The molecule has 0 spiro atoms. The molecule has 1 amide bonds. The maximum atomic E-state index is 12.6. The van der Waals surface area contributed by atoms with Gasteiger partial charge in [-0.2, -0.15) is 13.2 Å². The SMILES string of the molecule is Cc1noc(C)c1CC(=O)NC1CCC(Oc2ccc(C(F)(F)F)cn2)CC1. The molecule has 0 aliphatic heterocycles. The molecule has 0 radical (unpaired) electrons. The summed E-state index contributed by atoms with van der Waals surface area (Å²) >= 11 is 0. The Kier molecular flexibility index (Phi) is 5.90. The molecule has 1 aliphatic carbocycles. The molecule has 3 rings (SSSR count). The van der Waals surface area contributed by atoms with Gasteiger partial charge in [-0.25, -0.2) is 4.98 Å². The third-order valence-electron chi connectivity index (χ3n) is 4.91. The minimum atomic E-state index is -4.41. The summed E-state index contributed by atoms with van der Waals surface area (Å²) in [6, 6.07) is 2.25. The van der Waals surface area contributed by atoms with Crippen LogP contribution in [0.3, 0.4) is 0 Å². The second-order valence-corrected chi connectivity index (χ2v) is 7.02. The van der Waals surface area contributed by atoms with E-state index in [9.17, 15) is 18.0 Å². The van der Waals surface area contributed by atoms with Crippen LogP contribution < -0.4 is 10.1 Å². The van der Waals surface area contributed by atoms with Gasteiger partial charge in [-0.3, -0.25) is 4.79 Å². The monoisotopic (exact) mass is 397 g/mol. The van der Waals surface area contributed by atoms with Crippen LogP contribution in [0, 0.1) is 13.8 Å². The first-order valence-corrected chi connectivity index (χ1v) is 9.13. The number of aryl methyl sites for hydroxylation is 2. The molecule has 1 N–H and O–H groups in total. The highest BCUT2D eigenvalue weighted by Gasteiger charge is 2.31. The molecule has 0 unspecified atom stereocenters. The first-order valence-electron chi connectivity index (χ1n) is 9.13. The molecule has 6 nitrogen and oxygen atoms in total. The standard InChI is InChI=1S/C19H22F3N3O3/c1-11-16(12(2)28-25-11)9-17(26)24-14-4-6-15(7-5-14)27-18-8-3-13(10-23-18)19(20,21)22/h3,8,10,14-15H,4-7,9H2,1-2H3,(H,24,26). The van der Waals surface area contributed by atoms with E-state index in [-0.39, 0.29) is 30.4 Å². The molecule has 9 heteroatoms. The maximum absolute atomic E-state index is 12.6. The van der Waals surface area contributed by atoms with E-state index in [1.807, 2.05) is 0 Å². The topological polar surface area (TPSA) is 77.2 Å². The summed E-state index contributed by atoms with van der Waals surface area (Å²) in [7, 11) is 0.